The molecule has 0 aromatic heterocycles. The summed E-state index contributed by atoms with van der Waals surface area (Å²) >= 11 is 3.27. The predicted molar refractivity (Wildman–Crippen MR) is 79.8 cm³/mol. The zero-order valence-corrected chi connectivity index (χ0v) is 12.6. The second kappa shape index (κ2) is 6.49. The number of amides is 1. The Labute approximate surface area is 129 Å². The number of hydrogen-bond acceptors (Lipinski definition) is 3. The molecule has 0 unspecified atom stereocenters. The van der Waals surface area contributed by atoms with Gasteiger partial charge in [0.25, 0.3) is 5.91 Å². The molecule has 2 aromatic carbocycles. The number of anilines is 1. The van der Waals surface area contributed by atoms with Gasteiger partial charge in [-0.25, -0.2) is 9.18 Å². The molecule has 0 saturated carbocycles. The van der Waals surface area contributed by atoms with Crippen molar-refractivity contribution < 1.29 is 18.7 Å². The number of carbonyl (C=O) groups is 2. The van der Waals surface area contributed by atoms with Crippen molar-refractivity contribution in [1.29, 1.82) is 0 Å². The number of carbonyl (C=O) groups excluding carboxylic acids is 2. The van der Waals surface area contributed by atoms with E-state index >= 15 is 0 Å². The average Bonchev–Trinajstić information content (AvgIpc) is 2.48. The SMILES string of the molecule is COC(=O)c1cc(F)ccc1NC(=O)c1cccc(Br)c1. The van der Waals surface area contributed by atoms with Crippen molar-refractivity contribution in [2.45, 2.75) is 0 Å². The molecule has 0 fully saturated rings. The maximum atomic E-state index is 13.2. The van der Waals surface area contributed by atoms with Crippen molar-refractivity contribution in [2.75, 3.05) is 12.4 Å². The Balaban J connectivity index is 2.31. The zero-order valence-electron chi connectivity index (χ0n) is 11.0. The number of methoxy groups -OCH3 is 1. The molecule has 0 bridgehead atoms. The van der Waals surface area contributed by atoms with Gasteiger partial charge in [0.1, 0.15) is 5.82 Å². The molecule has 6 heteroatoms. The van der Waals surface area contributed by atoms with Gasteiger partial charge < -0.3 is 10.1 Å². The fraction of sp³-hybridized carbons (Fsp3) is 0.0667. The van der Waals surface area contributed by atoms with Gasteiger partial charge in [0.05, 0.1) is 18.4 Å². The number of halogens is 2. The van der Waals surface area contributed by atoms with Crippen LogP contribution in [-0.2, 0) is 4.74 Å². The molecule has 108 valence electrons. The standard InChI is InChI=1S/C15H11BrFNO3/c1-21-15(20)12-8-11(17)5-6-13(12)18-14(19)9-3-2-4-10(16)7-9/h2-8H,1H3,(H,18,19). The van der Waals surface area contributed by atoms with Crippen LogP contribution in [0, 0.1) is 5.82 Å². The lowest BCUT2D eigenvalue weighted by Gasteiger charge is -2.10. The molecule has 0 aliphatic heterocycles. The van der Waals surface area contributed by atoms with Crippen molar-refractivity contribution in [1.82, 2.24) is 0 Å². The van der Waals surface area contributed by atoms with Crippen molar-refractivity contribution in [2.24, 2.45) is 0 Å². The lowest BCUT2D eigenvalue weighted by Crippen LogP contribution is -2.15. The minimum Gasteiger partial charge on any atom is -0.465 e. The Morgan fingerprint density at radius 3 is 2.62 bits per heavy atom. The van der Waals surface area contributed by atoms with Crippen LogP contribution >= 0.6 is 15.9 Å². The maximum absolute atomic E-state index is 13.2. The number of hydrogen-bond donors (Lipinski definition) is 1. The Hall–Kier alpha value is -2.21. The number of ether oxygens (including phenoxy) is 1. The second-order valence-corrected chi connectivity index (χ2v) is 5.06. The van der Waals surface area contributed by atoms with E-state index in [9.17, 15) is 14.0 Å². The molecule has 0 aliphatic carbocycles. The monoisotopic (exact) mass is 351 g/mol. The zero-order chi connectivity index (χ0) is 15.4. The fourth-order valence-corrected chi connectivity index (χ4v) is 2.13. The summed E-state index contributed by atoms with van der Waals surface area (Å²) in [7, 11) is 1.19. The molecule has 1 amide bonds. The summed E-state index contributed by atoms with van der Waals surface area (Å²) in [6.45, 7) is 0. The van der Waals surface area contributed by atoms with Crippen LogP contribution in [0.3, 0.4) is 0 Å². The van der Waals surface area contributed by atoms with Crippen molar-refractivity contribution >= 4 is 33.5 Å². The maximum Gasteiger partial charge on any atom is 0.340 e. The van der Waals surface area contributed by atoms with Crippen LogP contribution in [0.2, 0.25) is 0 Å². The van der Waals surface area contributed by atoms with E-state index in [2.05, 4.69) is 26.0 Å². The molecule has 0 saturated heterocycles. The summed E-state index contributed by atoms with van der Waals surface area (Å²) in [6, 6.07) is 10.3. The fourth-order valence-electron chi connectivity index (χ4n) is 1.73. The van der Waals surface area contributed by atoms with Crippen LogP contribution in [0.4, 0.5) is 10.1 Å². The van der Waals surface area contributed by atoms with Crippen molar-refractivity contribution in [3.8, 4) is 0 Å². The van der Waals surface area contributed by atoms with Gasteiger partial charge in [0.15, 0.2) is 0 Å². The van der Waals surface area contributed by atoms with Gasteiger partial charge in [-0.15, -0.1) is 0 Å². The van der Waals surface area contributed by atoms with E-state index < -0.39 is 17.7 Å². The quantitative estimate of drug-likeness (QED) is 0.859. The highest BCUT2D eigenvalue weighted by molar-refractivity contribution is 9.10. The molecule has 2 aromatic rings. The molecule has 0 atom stereocenters. The molecule has 1 N–H and O–H groups in total. The van der Waals surface area contributed by atoms with Crippen LogP contribution in [0.5, 0.6) is 0 Å². The molecule has 0 spiro atoms. The van der Waals surface area contributed by atoms with E-state index in [1.165, 1.54) is 13.2 Å². The summed E-state index contributed by atoms with van der Waals surface area (Å²) in [5.74, 6) is -1.72. The van der Waals surface area contributed by atoms with Gasteiger partial charge in [-0.2, -0.15) is 0 Å². The molecule has 0 aliphatic rings. The molecule has 0 radical (unpaired) electrons. The van der Waals surface area contributed by atoms with E-state index in [-0.39, 0.29) is 11.3 Å². The van der Waals surface area contributed by atoms with Crippen molar-refractivity contribution in [3.05, 3.63) is 63.9 Å². The van der Waals surface area contributed by atoms with E-state index in [4.69, 9.17) is 0 Å². The topological polar surface area (TPSA) is 55.4 Å². The molecule has 2 rings (SSSR count). The number of esters is 1. The normalized spacial score (nSPS) is 10.0. The molecular weight excluding hydrogens is 341 g/mol. The Morgan fingerprint density at radius 2 is 1.95 bits per heavy atom. The second-order valence-electron chi connectivity index (χ2n) is 4.15. The van der Waals surface area contributed by atoms with Gasteiger partial charge >= 0.3 is 5.97 Å². The molecule has 0 heterocycles. The summed E-state index contributed by atoms with van der Waals surface area (Å²) in [6.07, 6.45) is 0. The summed E-state index contributed by atoms with van der Waals surface area (Å²) < 4.78 is 18.6. The highest BCUT2D eigenvalue weighted by Crippen LogP contribution is 2.20. The Morgan fingerprint density at radius 1 is 1.19 bits per heavy atom. The first-order valence-electron chi connectivity index (χ1n) is 5.96. The first kappa shape index (κ1) is 15.2. The third kappa shape index (κ3) is 3.66. The van der Waals surface area contributed by atoms with Gasteiger partial charge in [-0.3, -0.25) is 4.79 Å². The molecular formula is C15H11BrFNO3. The van der Waals surface area contributed by atoms with Crippen LogP contribution in [0.25, 0.3) is 0 Å². The lowest BCUT2D eigenvalue weighted by atomic mass is 10.1. The Kier molecular flexibility index (Phi) is 4.70. The first-order chi connectivity index (χ1) is 10.0. The van der Waals surface area contributed by atoms with E-state index in [1.54, 1.807) is 24.3 Å². The largest absolute Gasteiger partial charge is 0.465 e. The van der Waals surface area contributed by atoms with Gasteiger partial charge in [0, 0.05) is 10.0 Å². The minimum absolute atomic E-state index is 0.0409. The summed E-state index contributed by atoms with van der Waals surface area (Å²) in [5.41, 5.74) is 0.554. The minimum atomic E-state index is -0.723. The first-order valence-corrected chi connectivity index (χ1v) is 6.75. The van der Waals surface area contributed by atoms with Gasteiger partial charge in [-0.05, 0) is 36.4 Å². The summed E-state index contributed by atoms with van der Waals surface area (Å²) in [4.78, 5) is 23.7. The van der Waals surface area contributed by atoms with Crippen LogP contribution in [-0.4, -0.2) is 19.0 Å². The van der Waals surface area contributed by atoms with E-state index in [1.807, 2.05) is 0 Å². The number of benzene rings is 2. The average molecular weight is 352 g/mol. The van der Waals surface area contributed by atoms with E-state index in [0.717, 1.165) is 16.6 Å². The van der Waals surface area contributed by atoms with Crippen LogP contribution in [0.1, 0.15) is 20.7 Å². The molecule has 21 heavy (non-hydrogen) atoms. The van der Waals surface area contributed by atoms with Crippen LogP contribution < -0.4 is 5.32 Å². The van der Waals surface area contributed by atoms with Crippen molar-refractivity contribution in [3.63, 3.8) is 0 Å². The van der Waals surface area contributed by atoms with Gasteiger partial charge in [-0.1, -0.05) is 22.0 Å². The third-order valence-corrected chi connectivity index (χ3v) is 3.22. The Bertz CT molecular complexity index is 703. The predicted octanol–water partition coefficient (Wildman–Crippen LogP) is 3.63. The smallest absolute Gasteiger partial charge is 0.340 e. The summed E-state index contributed by atoms with van der Waals surface area (Å²) in [5, 5.41) is 2.57. The number of nitrogens with one attached hydrogen (secondary N) is 1. The number of rotatable bonds is 3. The lowest BCUT2D eigenvalue weighted by molar-refractivity contribution is 0.0601. The highest BCUT2D eigenvalue weighted by Gasteiger charge is 2.16. The van der Waals surface area contributed by atoms with Crippen LogP contribution in [0.15, 0.2) is 46.9 Å². The highest BCUT2D eigenvalue weighted by atomic mass is 79.9. The molecule has 4 nitrogen and oxygen atoms in total. The van der Waals surface area contributed by atoms with E-state index in [0.29, 0.717) is 5.56 Å². The third-order valence-electron chi connectivity index (χ3n) is 2.72. The van der Waals surface area contributed by atoms with Gasteiger partial charge in [0.2, 0.25) is 0 Å².